The SMILES string of the molecule is C=CCN(CC=C)C(C(=O)Nc1ccc([Si](C)(C)C)c(C#N)c1)c1ccc(COC)cc1. The van der Waals surface area contributed by atoms with Crippen molar-refractivity contribution in [1.29, 1.82) is 5.26 Å². The maximum atomic E-state index is 13.5. The number of benzene rings is 2. The summed E-state index contributed by atoms with van der Waals surface area (Å²) in [6.45, 7) is 15.9. The lowest BCUT2D eigenvalue weighted by Gasteiger charge is -2.29. The van der Waals surface area contributed by atoms with E-state index in [2.05, 4.69) is 44.2 Å². The van der Waals surface area contributed by atoms with Gasteiger partial charge in [0.15, 0.2) is 0 Å². The number of hydrogen-bond acceptors (Lipinski definition) is 4. The number of methoxy groups -OCH3 is 1. The molecule has 32 heavy (non-hydrogen) atoms. The van der Waals surface area contributed by atoms with E-state index in [1.165, 1.54) is 0 Å². The number of carbonyl (C=O) groups excluding carboxylic acids is 1. The maximum absolute atomic E-state index is 13.5. The fraction of sp³-hybridized carbons (Fsp3) is 0.308. The molecule has 1 amide bonds. The van der Waals surface area contributed by atoms with Crippen LogP contribution in [-0.4, -0.2) is 39.1 Å². The van der Waals surface area contributed by atoms with Crippen LogP contribution < -0.4 is 10.5 Å². The van der Waals surface area contributed by atoms with E-state index in [0.717, 1.165) is 16.3 Å². The number of amides is 1. The molecular formula is C26H33N3O2Si. The van der Waals surface area contributed by atoms with Crippen LogP contribution in [0.4, 0.5) is 5.69 Å². The second-order valence-electron chi connectivity index (χ2n) is 8.72. The van der Waals surface area contributed by atoms with E-state index in [4.69, 9.17) is 4.74 Å². The third-order valence-corrected chi connectivity index (χ3v) is 7.21. The highest BCUT2D eigenvalue weighted by atomic mass is 28.3. The molecule has 2 rings (SSSR count). The molecule has 1 atom stereocenters. The van der Waals surface area contributed by atoms with E-state index in [-0.39, 0.29) is 5.91 Å². The number of nitriles is 1. The Balaban J connectivity index is 2.40. The highest BCUT2D eigenvalue weighted by Gasteiger charge is 2.27. The first-order chi connectivity index (χ1) is 15.2. The molecular weight excluding hydrogens is 414 g/mol. The zero-order chi connectivity index (χ0) is 23.7. The molecule has 0 heterocycles. The Morgan fingerprint density at radius 2 is 1.78 bits per heavy atom. The van der Waals surface area contributed by atoms with E-state index in [9.17, 15) is 10.1 Å². The van der Waals surface area contributed by atoms with Gasteiger partial charge in [-0.05, 0) is 28.4 Å². The summed E-state index contributed by atoms with van der Waals surface area (Å²) in [7, 11) is -0.00794. The molecule has 0 aromatic heterocycles. The summed E-state index contributed by atoms with van der Waals surface area (Å²) in [5.41, 5.74) is 3.14. The highest BCUT2D eigenvalue weighted by Crippen LogP contribution is 2.24. The summed E-state index contributed by atoms with van der Waals surface area (Å²) in [6, 6.07) is 15.2. The summed E-state index contributed by atoms with van der Waals surface area (Å²) < 4.78 is 5.19. The summed E-state index contributed by atoms with van der Waals surface area (Å²) in [4.78, 5) is 15.5. The number of hydrogen-bond donors (Lipinski definition) is 1. The molecule has 0 saturated carbocycles. The minimum absolute atomic E-state index is 0.169. The van der Waals surface area contributed by atoms with Gasteiger partial charge in [-0.3, -0.25) is 9.69 Å². The van der Waals surface area contributed by atoms with Gasteiger partial charge in [-0.15, -0.1) is 13.2 Å². The van der Waals surface area contributed by atoms with Crippen LogP contribution >= 0.6 is 0 Å². The quantitative estimate of drug-likeness (QED) is 0.404. The van der Waals surface area contributed by atoms with Crippen LogP contribution in [0.5, 0.6) is 0 Å². The Labute approximate surface area is 193 Å². The Morgan fingerprint density at radius 3 is 2.28 bits per heavy atom. The monoisotopic (exact) mass is 447 g/mol. The normalized spacial score (nSPS) is 12.1. The second kappa shape index (κ2) is 11.6. The number of anilines is 1. The van der Waals surface area contributed by atoms with Gasteiger partial charge in [0.25, 0.3) is 0 Å². The van der Waals surface area contributed by atoms with Gasteiger partial charge in [0.2, 0.25) is 5.91 Å². The van der Waals surface area contributed by atoms with Gasteiger partial charge in [-0.25, -0.2) is 0 Å². The minimum atomic E-state index is -1.66. The zero-order valence-electron chi connectivity index (χ0n) is 19.5. The summed E-state index contributed by atoms with van der Waals surface area (Å²) >= 11 is 0. The molecule has 6 heteroatoms. The fourth-order valence-corrected chi connectivity index (χ4v) is 5.21. The molecule has 0 aliphatic rings. The van der Waals surface area contributed by atoms with Crippen LogP contribution in [-0.2, 0) is 16.1 Å². The second-order valence-corrected chi connectivity index (χ2v) is 13.8. The Hall–Kier alpha value is -2.98. The maximum Gasteiger partial charge on any atom is 0.246 e. The average Bonchev–Trinajstić information content (AvgIpc) is 2.74. The van der Waals surface area contributed by atoms with Crippen molar-refractivity contribution < 1.29 is 9.53 Å². The minimum Gasteiger partial charge on any atom is -0.380 e. The topological polar surface area (TPSA) is 65.4 Å². The van der Waals surface area contributed by atoms with Crippen molar-refractivity contribution in [3.8, 4) is 6.07 Å². The molecule has 0 aliphatic carbocycles. The highest BCUT2D eigenvalue weighted by molar-refractivity contribution is 6.89. The number of nitrogens with zero attached hydrogens (tertiary/aromatic N) is 2. The van der Waals surface area contributed by atoms with Crippen molar-refractivity contribution in [3.63, 3.8) is 0 Å². The van der Waals surface area contributed by atoms with E-state index in [1.807, 2.05) is 41.3 Å². The molecule has 0 radical (unpaired) electrons. The molecule has 1 unspecified atom stereocenters. The molecule has 0 aliphatic heterocycles. The standard InChI is InChI=1S/C26H33N3O2Si/c1-7-15-29(16-8-2)25(21-11-9-20(10-12-21)19-31-3)26(30)28-23-13-14-24(32(4,5)6)22(17-23)18-27/h7-14,17,25H,1-2,15-16,19H2,3-6H3,(H,28,30). The van der Waals surface area contributed by atoms with Crippen molar-refractivity contribution in [3.05, 3.63) is 84.5 Å². The summed E-state index contributed by atoms with van der Waals surface area (Å²) in [5, 5.41) is 13.8. The van der Waals surface area contributed by atoms with Crippen molar-refractivity contribution in [2.75, 3.05) is 25.5 Å². The summed E-state index contributed by atoms with van der Waals surface area (Å²) in [6.07, 6.45) is 3.55. The van der Waals surface area contributed by atoms with E-state index >= 15 is 0 Å². The van der Waals surface area contributed by atoms with Gasteiger partial charge in [0.05, 0.1) is 26.3 Å². The first-order valence-electron chi connectivity index (χ1n) is 10.6. The van der Waals surface area contributed by atoms with Gasteiger partial charge in [0.1, 0.15) is 6.04 Å². The van der Waals surface area contributed by atoms with Crippen molar-refractivity contribution in [1.82, 2.24) is 4.90 Å². The van der Waals surface area contributed by atoms with E-state index in [0.29, 0.717) is 30.9 Å². The van der Waals surface area contributed by atoms with Crippen LogP contribution in [0.3, 0.4) is 0 Å². The van der Waals surface area contributed by atoms with E-state index < -0.39 is 14.1 Å². The smallest absolute Gasteiger partial charge is 0.246 e. The molecule has 0 spiro atoms. The largest absolute Gasteiger partial charge is 0.380 e. The van der Waals surface area contributed by atoms with Crippen molar-refractivity contribution >= 4 is 24.9 Å². The lowest BCUT2D eigenvalue weighted by molar-refractivity contribution is -0.121. The van der Waals surface area contributed by atoms with Gasteiger partial charge in [0, 0.05) is 25.9 Å². The lowest BCUT2D eigenvalue weighted by Crippen LogP contribution is -2.40. The van der Waals surface area contributed by atoms with E-state index in [1.54, 1.807) is 25.3 Å². The molecule has 2 aromatic rings. The third-order valence-electron chi connectivity index (χ3n) is 5.16. The first-order valence-corrected chi connectivity index (χ1v) is 14.1. The molecule has 0 bridgehead atoms. The van der Waals surface area contributed by atoms with Gasteiger partial charge in [-0.1, -0.05) is 62.1 Å². The molecule has 168 valence electrons. The molecule has 2 aromatic carbocycles. The predicted molar refractivity (Wildman–Crippen MR) is 135 cm³/mol. The van der Waals surface area contributed by atoms with Crippen LogP contribution in [0, 0.1) is 11.3 Å². The first kappa shape index (κ1) is 25.3. The molecule has 0 saturated heterocycles. The summed E-state index contributed by atoms with van der Waals surface area (Å²) in [5.74, 6) is -0.169. The predicted octanol–water partition coefficient (Wildman–Crippen LogP) is 4.60. The number of nitrogens with one attached hydrogen (secondary N) is 1. The van der Waals surface area contributed by atoms with Crippen LogP contribution in [0.15, 0.2) is 67.8 Å². The number of carbonyl (C=O) groups is 1. The average molecular weight is 448 g/mol. The Morgan fingerprint density at radius 1 is 1.16 bits per heavy atom. The fourth-order valence-electron chi connectivity index (χ4n) is 3.69. The van der Waals surface area contributed by atoms with Crippen LogP contribution in [0.2, 0.25) is 19.6 Å². The van der Waals surface area contributed by atoms with Crippen LogP contribution in [0.25, 0.3) is 0 Å². The lowest BCUT2D eigenvalue weighted by atomic mass is 10.0. The molecule has 0 fully saturated rings. The Bertz CT molecular complexity index is 978. The Kier molecular flexibility index (Phi) is 9.15. The number of rotatable bonds is 11. The van der Waals surface area contributed by atoms with Crippen molar-refractivity contribution in [2.24, 2.45) is 0 Å². The molecule has 1 N–H and O–H groups in total. The van der Waals surface area contributed by atoms with Crippen molar-refractivity contribution in [2.45, 2.75) is 32.3 Å². The van der Waals surface area contributed by atoms with Gasteiger partial charge in [-0.2, -0.15) is 5.26 Å². The number of ether oxygens (including phenoxy) is 1. The zero-order valence-corrected chi connectivity index (χ0v) is 20.5. The van der Waals surface area contributed by atoms with Gasteiger partial charge >= 0.3 is 0 Å². The molecule has 5 nitrogen and oxygen atoms in total. The van der Waals surface area contributed by atoms with Crippen LogP contribution in [0.1, 0.15) is 22.7 Å². The third kappa shape index (κ3) is 6.51. The van der Waals surface area contributed by atoms with Gasteiger partial charge < -0.3 is 10.1 Å².